The molecule has 0 saturated carbocycles. The lowest BCUT2D eigenvalue weighted by Gasteiger charge is -2.11. The molecular weight excluding hydrogens is 326 g/mol. The van der Waals surface area contributed by atoms with Gasteiger partial charge in [0, 0.05) is 36.1 Å². The highest BCUT2D eigenvalue weighted by Crippen LogP contribution is 2.37. The molecule has 0 spiro atoms. The van der Waals surface area contributed by atoms with E-state index in [1.165, 1.54) is 12.5 Å². The summed E-state index contributed by atoms with van der Waals surface area (Å²) in [6.45, 7) is 2.00. The maximum absolute atomic E-state index is 11.5. The van der Waals surface area contributed by atoms with Crippen molar-refractivity contribution in [2.24, 2.45) is 4.99 Å². The number of aryl methyl sites for hydroxylation is 2. The zero-order valence-corrected chi connectivity index (χ0v) is 14.8. The first-order chi connectivity index (χ1) is 12.7. The van der Waals surface area contributed by atoms with Gasteiger partial charge in [0.25, 0.3) is 0 Å². The van der Waals surface area contributed by atoms with Crippen molar-refractivity contribution in [3.63, 3.8) is 0 Å². The van der Waals surface area contributed by atoms with Gasteiger partial charge in [0.15, 0.2) is 0 Å². The van der Waals surface area contributed by atoms with Gasteiger partial charge in [-0.05, 0) is 37.0 Å². The Morgan fingerprint density at radius 2 is 1.96 bits per heavy atom. The Morgan fingerprint density at radius 1 is 1.15 bits per heavy atom. The van der Waals surface area contributed by atoms with Gasteiger partial charge >= 0.3 is 5.97 Å². The van der Waals surface area contributed by atoms with Gasteiger partial charge in [0.1, 0.15) is 17.1 Å². The Labute approximate surface area is 152 Å². The molecule has 0 unspecified atom stereocenters. The Balaban J connectivity index is 1.78. The van der Waals surface area contributed by atoms with E-state index in [4.69, 9.17) is 9.15 Å². The van der Waals surface area contributed by atoms with E-state index >= 15 is 0 Å². The number of hydrogen-bond donors (Lipinski definition) is 0. The number of carbonyl (C=O) groups is 1. The molecule has 0 radical (unpaired) electrons. The van der Waals surface area contributed by atoms with Crippen LogP contribution < -0.4 is 4.74 Å². The third kappa shape index (κ3) is 3.27. The number of esters is 1. The van der Waals surface area contributed by atoms with E-state index in [2.05, 4.69) is 4.99 Å². The number of hydrogen-bond acceptors (Lipinski definition) is 4. The summed E-state index contributed by atoms with van der Waals surface area (Å²) < 4.78 is 11.5. The molecule has 1 aliphatic rings. The van der Waals surface area contributed by atoms with Crippen LogP contribution in [-0.4, -0.2) is 12.2 Å². The molecule has 0 saturated heterocycles. The van der Waals surface area contributed by atoms with Gasteiger partial charge in [-0.3, -0.25) is 9.79 Å². The molecule has 0 bridgehead atoms. The summed E-state index contributed by atoms with van der Waals surface area (Å²) in [6.07, 6.45) is 6.08. The molecule has 4 heteroatoms. The molecular formula is C22H21NO3. The van der Waals surface area contributed by atoms with Crippen LogP contribution in [0.15, 0.2) is 51.9 Å². The SMILES string of the molecule is CC(=O)Oc1ccc2oc3c(c2c1C=NCc1ccccc1)CCCC3. The molecule has 1 heterocycles. The van der Waals surface area contributed by atoms with Gasteiger partial charge in [-0.25, -0.2) is 0 Å². The van der Waals surface area contributed by atoms with Crippen molar-refractivity contribution < 1.29 is 13.9 Å². The fraction of sp³-hybridized carbons (Fsp3) is 0.273. The quantitative estimate of drug-likeness (QED) is 0.385. The zero-order chi connectivity index (χ0) is 17.9. The minimum atomic E-state index is -0.334. The van der Waals surface area contributed by atoms with Crippen LogP contribution in [0.5, 0.6) is 5.75 Å². The summed E-state index contributed by atoms with van der Waals surface area (Å²) in [5, 5.41) is 1.04. The normalized spacial score (nSPS) is 13.9. The lowest BCUT2D eigenvalue weighted by molar-refractivity contribution is -0.131. The molecule has 3 aromatic rings. The van der Waals surface area contributed by atoms with Crippen molar-refractivity contribution in [2.75, 3.05) is 0 Å². The zero-order valence-electron chi connectivity index (χ0n) is 14.8. The third-order valence-corrected chi connectivity index (χ3v) is 4.71. The number of nitrogens with zero attached hydrogens (tertiary/aromatic N) is 1. The number of benzene rings is 2. The van der Waals surface area contributed by atoms with E-state index in [1.807, 2.05) is 42.6 Å². The third-order valence-electron chi connectivity index (χ3n) is 4.71. The number of carbonyl (C=O) groups excluding carboxylic acids is 1. The largest absolute Gasteiger partial charge is 0.461 e. The van der Waals surface area contributed by atoms with Crippen molar-refractivity contribution in [3.8, 4) is 5.75 Å². The molecule has 0 atom stereocenters. The van der Waals surface area contributed by atoms with E-state index in [0.29, 0.717) is 12.3 Å². The summed E-state index contributed by atoms with van der Waals surface area (Å²) in [4.78, 5) is 16.1. The molecule has 1 aromatic heterocycles. The van der Waals surface area contributed by atoms with E-state index < -0.39 is 0 Å². The lowest BCUT2D eigenvalue weighted by Crippen LogP contribution is -2.05. The average Bonchev–Trinajstić information content (AvgIpc) is 3.02. The van der Waals surface area contributed by atoms with Crippen LogP contribution >= 0.6 is 0 Å². The van der Waals surface area contributed by atoms with Crippen molar-refractivity contribution in [2.45, 2.75) is 39.2 Å². The molecule has 0 N–H and O–H groups in total. The minimum absolute atomic E-state index is 0.334. The van der Waals surface area contributed by atoms with Gasteiger partial charge in [0.05, 0.1) is 6.54 Å². The van der Waals surface area contributed by atoms with Gasteiger partial charge in [-0.15, -0.1) is 0 Å². The number of rotatable bonds is 4. The van der Waals surface area contributed by atoms with E-state index in [9.17, 15) is 4.79 Å². The topological polar surface area (TPSA) is 51.8 Å². The molecule has 0 fully saturated rings. The molecule has 0 amide bonds. The molecule has 4 rings (SSSR count). The number of ether oxygens (including phenoxy) is 1. The highest BCUT2D eigenvalue weighted by Gasteiger charge is 2.22. The first kappa shape index (κ1) is 16.6. The minimum Gasteiger partial charge on any atom is -0.461 e. The van der Waals surface area contributed by atoms with Crippen LogP contribution in [0.3, 0.4) is 0 Å². The van der Waals surface area contributed by atoms with Gasteiger partial charge in [0.2, 0.25) is 0 Å². The van der Waals surface area contributed by atoms with E-state index in [1.54, 1.807) is 6.07 Å². The monoisotopic (exact) mass is 347 g/mol. The lowest BCUT2D eigenvalue weighted by atomic mass is 9.94. The Kier molecular flexibility index (Phi) is 4.57. The highest BCUT2D eigenvalue weighted by atomic mass is 16.5. The Hall–Kier alpha value is -2.88. The molecule has 2 aromatic carbocycles. The fourth-order valence-electron chi connectivity index (χ4n) is 3.56. The maximum atomic E-state index is 11.5. The van der Waals surface area contributed by atoms with Crippen LogP contribution in [0, 0.1) is 0 Å². The first-order valence-electron chi connectivity index (χ1n) is 9.02. The molecule has 26 heavy (non-hydrogen) atoms. The number of aliphatic imine (C=N–C) groups is 1. The summed E-state index contributed by atoms with van der Waals surface area (Å²) in [5.41, 5.74) is 4.05. The van der Waals surface area contributed by atoms with Gasteiger partial charge in [-0.1, -0.05) is 30.3 Å². The van der Waals surface area contributed by atoms with Crippen LogP contribution in [0.4, 0.5) is 0 Å². The Morgan fingerprint density at radius 3 is 2.77 bits per heavy atom. The average molecular weight is 347 g/mol. The van der Waals surface area contributed by atoms with Crippen molar-refractivity contribution in [1.82, 2.24) is 0 Å². The standard InChI is InChI=1S/C22H21NO3/c1-15(24)25-20-11-12-21-22(17-9-5-6-10-19(17)26-21)18(20)14-23-13-16-7-3-2-4-8-16/h2-4,7-8,11-12,14H,5-6,9-10,13H2,1H3. The number of fused-ring (bicyclic) bond motifs is 3. The summed E-state index contributed by atoms with van der Waals surface area (Å²) >= 11 is 0. The summed E-state index contributed by atoms with van der Waals surface area (Å²) in [6, 6.07) is 13.8. The van der Waals surface area contributed by atoms with Crippen LogP contribution in [0.2, 0.25) is 0 Å². The Bertz CT molecular complexity index is 970. The smallest absolute Gasteiger partial charge is 0.308 e. The van der Waals surface area contributed by atoms with E-state index in [-0.39, 0.29) is 5.97 Å². The van der Waals surface area contributed by atoms with Crippen molar-refractivity contribution in [3.05, 3.63) is 64.9 Å². The molecule has 132 valence electrons. The van der Waals surface area contributed by atoms with E-state index in [0.717, 1.165) is 53.5 Å². The molecule has 0 aliphatic heterocycles. The highest BCUT2D eigenvalue weighted by molar-refractivity contribution is 6.03. The molecule has 1 aliphatic carbocycles. The summed E-state index contributed by atoms with van der Waals surface area (Å²) in [7, 11) is 0. The van der Waals surface area contributed by atoms with Gasteiger partial charge < -0.3 is 9.15 Å². The van der Waals surface area contributed by atoms with Crippen LogP contribution in [-0.2, 0) is 24.2 Å². The van der Waals surface area contributed by atoms with Crippen molar-refractivity contribution >= 4 is 23.2 Å². The second-order valence-corrected chi connectivity index (χ2v) is 6.61. The first-order valence-corrected chi connectivity index (χ1v) is 9.02. The fourth-order valence-corrected chi connectivity index (χ4v) is 3.56. The van der Waals surface area contributed by atoms with Crippen LogP contribution in [0.25, 0.3) is 11.0 Å². The second-order valence-electron chi connectivity index (χ2n) is 6.61. The predicted molar refractivity (Wildman–Crippen MR) is 102 cm³/mol. The number of furan rings is 1. The maximum Gasteiger partial charge on any atom is 0.308 e. The predicted octanol–water partition coefficient (Wildman–Crippen LogP) is 4.86. The second kappa shape index (κ2) is 7.16. The van der Waals surface area contributed by atoms with Crippen molar-refractivity contribution in [1.29, 1.82) is 0 Å². The summed E-state index contributed by atoms with van der Waals surface area (Å²) in [5.74, 6) is 1.26. The van der Waals surface area contributed by atoms with Gasteiger partial charge in [-0.2, -0.15) is 0 Å². The molecule has 4 nitrogen and oxygen atoms in total. The van der Waals surface area contributed by atoms with Crippen LogP contribution in [0.1, 0.15) is 42.2 Å².